The maximum absolute atomic E-state index is 5.16. The molecule has 0 aliphatic carbocycles. The number of ether oxygens (including phenoxy) is 1. The molecule has 0 aliphatic heterocycles. The van der Waals surface area contributed by atoms with Crippen molar-refractivity contribution in [3.05, 3.63) is 24.3 Å². The summed E-state index contributed by atoms with van der Waals surface area (Å²) >= 11 is 1.92. The molecule has 3 heteroatoms. The van der Waals surface area contributed by atoms with Gasteiger partial charge in [0.05, 0.1) is 7.11 Å². The Morgan fingerprint density at radius 3 is 2.35 bits per heavy atom. The van der Waals surface area contributed by atoms with E-state index in [4.69, 9.17) is 4.74 Å². The Morgan fingerprint density at radius 1 is 1.24 bits per heavy atom. The van der Waals surface area contributed by atoms with E-state index in [0.717, 1.165) is 18.7 Å². The SMILES string of the molecule is CCNC(CC)C(C)Sc1ccc(OC)cc1. The summed E-state index contributed by atoms with van der Waals surface area (Å²) < 4.78 is 5.16. The van der Waals surface area contributed by atoms with E-state index >= 15 is 0 Å². The van der Waals surface area contributed by atoms with Gasteiger partial charge in [-0.15, -0.1) is 11.8 Å². The summed E-state index contributed by atoms with van der Waals surface area (Å²) in [6.45, 7) is 7.71. The average Bonchev–Trinajstić information content (AvgIpc) is 2.36. The highest BCUT2D eigenvalue weighted by atomic mass is 32.2. The van der Waals surface area contributed by atoms with Gasteiger partial charge in [-0.2, -0.15) is 0 Å². The molecule has 0 amide bonds. The van der Waals surface area contributed by atoms with Gasteiger partial charge < -0.3 is 10.1 Å². The van der Waals surface area contributed by atoms with Gasteiger partial charge in [0, 0.05) is 16.2 Å². The molecule has 96 valence electrons. The van der Waals surface area contributed by atoms with E-state index in [1.165, 1.54) is 4.90 Å². The molecule has 0 radical (unpaired) electrons. The standard InChI is InChI=1S/C14H23NOS/c1-5-14(15-6-2)11(3)17-13-9-7-12(16-4)8-10-13/h7-11,14-15H,5-6H2,1-4H3. The van der Waals surface area contributed by atoms with Crippen LogP contribution in [0.3, 0.4) is 0 Å². The lowest BCUT2D eigenvalue weighted by Crippen LogP contribution is -2.35. The lowest BCUT2D eigenvalue weighted by molar-refractivity contribution is 0.414. The summed E-state index contributed by atoms with van der Waals surface area (Å²) in [5.74, 6) is 0.917. The lowest BCUT2D eigenvalue weighted by Gasteiger charge is -2.23. The molecule has 0 saturated carbocycles. The lowest BCUT2D eigenvalue weighted by atomic mass is 10.2. The van der Waals surface area contributed by atoms with Crippen molar-refractivity contribution in [1.82, 2.24) is 5.32 Å². The molecule has 2 atom stereocenters. The first kappa shape index (κ1) is 14.4. The summed E-state index contributed by atoms with van der Waals surface area (Å²) in [4.78, 5) is 1.30. The van der Waals surface area contributed by atoms with Crippen LogP contribution < -0.4 is 10.1 Å². The molecule has 1 N–H and O–H groups in total. The number of methoxy groups -OCH3 is 1. The molecule has 0 bridgehead atoms. The zero-order chi connectivity index (χ0) is 12.7. The van der Waals surface area contributed by atoms with Crippen molar-refractivity contribution in [2.45, 2.75) is 43.4 Å². The van der Waals surface area contributed by atoms with Crippen molar-refractivity contribution in [3.8, 4) is 5.75 Å². The van der Waals surface area contributed by atoms with Gasteiger partial charge in [-0.05, 0) is 37.2 Å². The number of hydrogen-bond donors (Lipinski definition) is 1. The van der Waals surface area contributed by atoms with E-state index < -0.39 is 0 Å². The molecule has 2 nitrogen and oxygen atoms in total. The number of benzene rings is 1. The first-order valence-electron chi connectivity index (χ1n) is 6.25. The van der Waals surface area contributed by atoms with Gasteiger partial charge in [-0.3, -0.25) is 0 Å². The summed E-state index contributed by atoms with van der Waals surface area (Å²) in [6.07, 6.45) is 1.16. The van der Waals surface area contributed by atoms with Crippen LogP contribution in [-0.4, -0.2) is 24.9 Å². The fourth-order valence-electron chi connectivity index (χ4n) is 1.86. The van der Waals surface area contributed by atoms with Crippen LogP contribution in [0.25, 0.3) is 0 Å². The van der Waals surface area contributed by atoms with Crippen molar-refractivity contribution in [1.29, 1.82) is 0 Å². The quantitative estimate of drug-likeness (QED) is 0.751. The Kier molecular flexibility index (Phi) is 6.45. The van der Waals surface area contributed by atoms with Crippen LogP contribution in [0.15, 0.2) is 29.2 Å². The first-order valence-corrected chi connectivity index (χ1v) is 7.13. The second-order valence-corrected chi connectivity index (χ2v) is 5.52. The number of nitrogens with one attached hydrogen (secondary N) is 1. The number of thioether (sulfide) groups is 1. The van der Waals surface area contributed by atoms with E-state index in [2.05, 4.69) is 38.2 Å². The molecule has 0 saturated heterocycles. The van der Waals surface area contributed by atoms with Gasteiger partial charge in [-0.1, -0.05) is 20.8 Å². The Hall–Kier alpha value is -0.670. The topological polar surface area (TPSA) is 21.3 Å². The Balaban J connectivity index is 2.56. The summed E-state index contributed by atoms with van der Waals surface area (Å²) in [5, 5.41) is 4.11. The fraction of sp³-hybridized carbons (Fsp3) is 0.571. The minimum absolute atomic E-state index is 0.576. The van der Waals surface area contributed by atoms with Crippen LogP contribution >= 0.6 is 11.8 Å². The largest absolute Gasteiger partial charge is 0.497 e. The second-order valence-electron chi connectivity index (χ2n) is 4.07. The van der Waals surface area contributed by atoms with Gasteiger partial charge in [0.1, 0.15) is 5.75 Å². The Labute approximate surface area is 109 Å². The molecule has 0 aromatic heterocycles. The first-order chi connectivity index (χ1) is 8.21. The van der Waals surface area contributed by atoms with Gasteiger partial charge in [-0.25, -0.2) is 0 Å². The van der Waals surface area contributed by atoms with Gasteiger partial charge in [0.15, 0.2) is 0 Å². The molecule has 0 spiro atoms. The minimum Gasteiger partial charge on any atom is -0.497 e. The Morgan fingerprint density at radius 2 is 1.88 bits per heavy atom. The minimum atomic E-state index is 0.576. The van der Waals surface area contributed by atoms with Crippen molar-refractivity contribution in [3.63, 3.8) is 0 Å². The van der Waals surface area contributed by atoms with Gasteiger partial charge in [0.2, 0.25) is 0 Å². The third-order valence-electron chi connectivity index (χ3n) is 2.85. The van der Waals surface area contributed by atoms with Crippen LogP contribution in [-0.2, 0) is 0 Å². The number of hydrogen-bond acceptors (Lipinski definition) is 3. The summed E-state index contributed by atoms with van der Waals surface area (Å²) in [7, 11) is 1.70. The van der Waals surface area contributed by atoms with Crippen molar-refractivity contribution < 1.29 is 4.74 Å². The number of rotatable bonds is 7. The maximum atomic E-state index is 5.16. The van der Waals surface area contributed by atoms with Gasteiger partial charge >= 0.3 is 0 Å². The monoisotopic (exact) mass is 253 g/mol. The van der Waals surface area contributed by atoms with Crippen molar-refractivity contribution in [2.24, 2.45) is 0 Å². The van der Waals surface area contributed by atoms with Gasteiger partial charge in [0.25, 0.3) is 0 Å². The van der Waals surface area contributed by atoms with Crippen LogP contribution in [0.4, 0.5) is 0 Å². The maximum Gasteiger partial charge on any atom is 0.118 e. The van der Waals surface area contributed by atoms with E-state index in [9.17, 15) is 0 Å². The molecule has 1 aromatic carbocycles. The van der Waals surface area contributed by atoms with Crippen molar-refractivity contribution in [2.75, 3.05) is 13.7 Å². The predicted octanol–water partition coefficient (Wildman–Crippen LogP) is 3.56. The molecule has 0 aliphatic rings. The smallest absolute Gasteiger partial charge is 0.118 e. The molecule has 1 aromatic rings. The van der Waals surface area contributed by atoms with Crippen LogP contribution in [0.2, 0.25) is 0 Å². The van der Waals surface area contributed by atoms with E-state index in [1.54, 1.807) is 7.11 Å². The molecule has 0 heterocycles. The third-order valence-corrected chi connectivity index (χ3v) is 4.10. The molecular weight excluding hydrogens is 230 g/mol. The average molecular weight is 253 g/mol. The molecule has 17 heavy (non-hydrogen) atoms. The van der Waals surface area contributed by atoms with E-state index in [-0.39, 0.29) is 0 Å². The summed E-state index contributed by atoms with van der Waals surface area (Å²) in [5.41, 5.74) is 0. The molecular formula is C14H23NOS. The molecule has 2 unspecified atom stereocenters. The highest BCUT2D eigenvalue weighted by Crippen LogP contribution is 2.27. The zero-order valence-corrected chi connectivity index (χ0v) is 12.0. The predicted molar refractivity (Wildman–Crippen MR) is 76.1 cm³/mol. The van der Waals surface area contributed by atoms with E-state index in [0.29, 0.717) is 11.3 Å². The summed E-state index contributed by atoms with van der Waals surface area (Å²) in [6, 6.07) is 8.86. The normalized spacial score (nSPS) is 14.4. The van der Waals surface area contributed by atoms with Crippen LogP contribution in [0.5, 0.6) is 5.75 Å². The van der Waals surface area contributed by atoms with Crippen LogP contribution in [0.1, 0.15) is 27.2 Å². The molecule has 0 fully saturated rings. The second kappa shape index (κ2) is 7.62. The van der Waals surface area contributed by atoms with E-state index in [1.807, 2.05) is 23.9 Å². The van der Waals surface area contributed by atoms with Crippen LogP contribution in [0, 0.1) is 0 Å². The third kappa shape index (κ3) is 4.60. The fourth-order valence-corrected chi connectivity index (χ4v) is 3.03. The highest BCUT2D eigenvalue weighted by molar-refractivity contribution is 8.00. The molecule has 1 rings (SSSR count). The highest BCUT2D eigenvalue weighted by Gasteiger charge is 2.15. The van der Waals surface area contributed by atoms with Crippen molar-refractivity contribution >= 4 is 11.8 Å². The Bertz CT molecular complexity index is 313. The zero-order valence-electron chi connectivity index (χ0n) is 11.2.